The van der Waals surface area contributed by atoms with Crippen molar-refractivity contribution in [1.82, 2.24) is 15.0 Å². The Bertz CT molecular complexity index is 1430. The Balaban J connectivity index is 1.33. The Labute approximate surface area is 217 Å². The lowest BCUT2D eigenvalue weighted by Crippen LogP contribution is -2.27. The Kier molecular flexibility index (Phi) is 7.61. The molecule has 3 aromatic carbocycles. The fraction of sp³-hybridized carbons (Fsp3) is 0.148. The molecule has 36 heavy (non-hydrogen) atoms. The summed E-state index contributed by atoms with van der Waals surface area (Å²) in [4.78, 5) is 13.8. The molecule has 2 aromatic heterocycles. The normalized spacial score (nSPS) is 11.9. The zero-order valence-corrected chi connectivity index (χ0v) is 21.0. The van der Waals surface area contributed by atoms with Gasteiger partial charge in [-0.1, -0.05) is 83.8 Å². The number of aliphatic hydroxyl groups is 1. The lowest BCUT2D eigenvalue weighted by atomic mass is 10.1. The van der Waals surface area contributed by atoms with E-state index in [1.165, 1.54) is 23.1 Å². The van der Waals surface area contributed by atoms with Crippen LogP contribution in [0.5, 0.6) is 11.5 Å². The topological polar surface area (TPSA) is 106 Å². The number of thioether (sulfide) groups is 1. The molecule has 0 aliphatic carbocycles. The molecule has 0 spiro atoms. The van der Waals surface area contributed by atoms with Crippen LogP contribution in [0.2, 0.25) is 0 Å². The number of nitrogen functional groups attached to an aromatic ring is 1. The average molecular weight is 516 g/mol. The zero-order chi connectivity index (χ0) is 24.7. The number of rotatable bonds is 10. The van der Waals surface area contributed by atoms with Crippen LogP contribution in [0.15, 0.2) is 90.1 Å². The van der Waals surface area contributed by atoms with Gasteiger partial charge in [-0.05, 0) is 41.8 Å². The number of aromatic nitrogens is 3. The first-order valence-corrected chi connectivity index (χ1v) is 13.3. The third-order valence-corrected chi connectivity index (χ3v) is 7.18. The molecule has 0 saturated heterocycles. The van der Waals surface area contributed by atoms with Gasteiger partial charge in [-0.3, -0.25) is 0 Å². The number of nitrogens with zero attached hydrogens (tertiary/aromatic N) is 3. The van der Waals surface area contributed by atoms with E-state index in [0.29, 0.717) is 33.9 Å². The average Bonchev–Trinajstić information content (AvgIpc) is 3.29. The molecule has 0 fully saturated rings. The Morgan fingerprint density at radius 1 is 0.889 bits per heavy atom. The maximum atomic E-state index is 10.0. The number of ether oxygens (including phenoxy) is 1. The number of anilines is 2. The van der Waals surface area contributed by atoms with E-state index in [1.54, 1.807) is 0 Å². The summed E-state index contributed by atoms with van der Waals surface area (Å²) in [5.41, 5.74) is 8.75. The SMILES string of the molecule is Nc1nc2nc(SCc3cccc(Oc4ccccc4)c3)nc(N[C@@H](CO)Cc3ccccc3)c2s1. The van der Waals surface area contributed by atoms with Crippen LogP contribution in [0.3, 0.4) is 0 Å². The van der Waals surface area contributed by atoms with Crippen molar-refractivity contribution in [3.05, 3.63) is 96.1 Å². The van der Waals surface area contributed by atoms with E-state index in [1.807, 2.05) is 84.9 Å². The molecular weight excluding hydrogens is 490 g/mol. The molecule has 1 atom stereocenters. The highest BCUT2D eigenvalue weighted by molar-refractivity contribution is 7.98. The van der Waals surface area contributed by atoms with E-state index in [2.05, 4.69) is 15.3 Å². The second-order valence-electron chi connectivity index (χ2n) is 8.12. The van der Waals surface area contributed by atoms with E-state index in [0.717, 1.165) is 27.3 Å². The highest BCUT2D eigenvalue weighted by atomic mass is 32.2. The van der Waals surface area contributed by atoms with Crippen molar-refractivity contribution in [2.45, 2.75) is 23.4 Å². The maximum absolute atomic E-state index is 10.0. The van der Waals surface area contributed by atoms with Crippen LogP contribution in [0.25, 0.3) is 10.3 Å². The van der Waals surface area contributed by atoms with Crippen molar-refractivity contribution < 1.29 is 9.84 Å². The first kappa shape index (κ1) is 24.1. The number of aliphatic hydroxyl groups excluding tert-OH is 1. The summed E-state index contributed by atoms with van der Waals surface area (Å²) in [5.74, 6) is 2.86. The van der Waals surface area contributed by atoms with E-state index >= 15 is 0 Å². The van der Waals surface area contributed by atoms with Gasteiger partial charge in [-0.15, -0.1) is 0 Å². The van der Waals surface area contributed by atoms with Crippen molar-refractivity contribution in [2.75, 3.05) is 17.7 Å². The fourth-order valence-corrected chi connectivity index (χ4v) is 5.21. The lowest BCUT2D eigenvalue weighted by molar-refractivity contribution is 0.273. The standard InChI is InChI=1S/C27H25N5O2S2/c28-26-30-25-23(36-26)24(29-20(16-33)14-18-8-3-1-4-9-18)31-27(32-25)35-17-19-10-7-13-22(15-19)34-21-11-5-2-6-12-21/h1-13,15,20,33H,14,16-17H2,(H3,28,29,30,31,32)/t20-/m1/s1. The molecule has 5 aromatic rings. The highest BCUT2D eigenvalue weighted by Crippen LogP contribution is 2.32. The summed E-state index contributed by atoms with van der Waals surface area (Å²) in [7, 11) is 0. The van der Waals surface area contributed by atoms with Crippen LogP contribution in [-0.2, 0) is 12.2 Å². The van der Waals surface area contributed by atoms with Gasteiger partial charge in [0.1, 0.15) is 16.2 Å². The van der Waals surface area contributed by atoms with Crippen LogP contribution in [0.4, 0.5) is 10.9 Å². The van der Waals surface area contributed by atoms with E-state index in [-0.39, 0.29) is 12.6 Å². The van der Waals surface area contributed by atoms with Crippen LogP contribution < -0.4 is 15.8 Å². The molecule has 7 nitrogen and oxygen atoms in total. The molecule has 9 heteroatoms. The second kappa shape index (κ2) is 11.4. The summed E-state index contributed by atoms with van der Waals surface area (Å²) in [6.45, 7) is -0.0364. The van der Waals surface area contributed by atoms with E-state index < -0.39 is 0 Å². The lowest BCUT2D eigenvalue weighted by Gasteiger charge is -2.17. The Morgan fingerprint density at radius 2 is 1.61 bits per heavy atom. The molecule has 0 bridgehead atoms. The number of hydrogen-bond acceptors (Lipinski definition) is 9. The summed E-state index contributed by atoms with van der Waals surface area (Å²) < 4.78 is 6.74. The molecule has 5 rings (SSSR count). The van der Waals surface area contributed by atoms with Crippen LogP contribution in [0.1, 0.15) is 11.1 Å². The predicted molar refractivity (Wildman–Crippen MR) is 147 cm³/mol. The van der Waals surface area contributed by atoms with Gasteiger partial charge in [0.15, 0.2) is 21.8 Å². The molecule has 0 aliphatic heterocycles. The molecule has 0 radical (unpaired) electrons. The van der Waals surface area contributed by atoms with Crippen molar-refractivity contribution in [1.29, 1.82) is 0 Å². The molecule has 2 heterocycles. The number of para-hydroxylation sites is 1. The van der Waals surface area contributed by atoms with Gasteiger partial charge in [-0.2, -0.15) is 0 Å². The number of benzene rings is 3. The minimum absolute atomic E-state index is 0.0364. The highest BCUT2D eigenvalue weighted by Gasteiger charge is 2.17. The molecule has 182 valence electrons. The first-order chi connectivity index (χ1) is 17.7. The number of thiazole rings is 1. The van der Waals surface area contributed by atoms with Crippen molar-refractivity contribution in [3.63, 3.8) is 0 Å². The predicted octanol–water partition coefficient (Wildman–Crippen LogP) is 5.77. The maximum Gasteiger partial charge on any atom is 0.191 e. The summed E-state index contributed by atoms with van der Waals surface area (Å²) >= 11 is 2.84. The van der Waals surface area contributed by atoms with Crippen LogP contribution >= 0.6 is 23.1 Å². The molecule has 4 N–H and O–H groups in total. The fourth-order valence-electron chi connectivity index (χ4n) is 3.71. The number of nitrogens with one attached hydrogen (secondary N) is 1. The third kappa shape index (κ3) is 6.12. The second-order valence-corrected chi connectivity index (χ2v) is 10.1. The van der Waals surface area contributed by atoms with Gasteiger partial charge in [0.05, 0.1) is 12.6 Å². The van der Waals surface area contributed by atoms with E-state index in [9.17, 15) is 5.11 Å². The number of hydrogen-bond donors (Lipinski definition) is 3. The van der Waals surface area contributed by atoms with Crippen molar-refractivity contribution in [3.8, 4) is 11.5 Å². The third-order valence-electron chi connectivity index (χ3n) is 5.38. The van der Waals surface area contributed by atoms with Gasteiger partial charge in [0.25, 0.3) is 0 Å². The zero-order valence-electron chi connectivity index (χ0n) is 19.4. The Hall–Kier alpha value is -3.66. The summed E-state index contributed by atoms with van der Waals surface area (Å²) in [5, 5.41) is 14.4. The smallest absolute Gasteiger partial charge is 0.191 e. The van der Waals surface area contributed by atoms with Crippen LogP contribution in [0, 0.1) is 0 Å². The molecule has 0 aliphatic rings. The van der Waals surface area contributed by atoms with E-state index in [4.69, 9.17) is 15.5 Å². The largest absolute Gasteiger partial charge is 0.457 e. The monoisotopic (exact) mass is 515 g/mol. The summed E-state index contributed by atoms with van der Waals surface area (Å²) in [6.07, 6.45) is 0.661. The minimum atomic E-state index is -0.210. The van der Waals surface area contributed by atoms with Crippen LogP contribution in [-0.4, -0.2) is 32.7 Å². The van der Waals surface area contributed by atoms with Gasteiger partial charge < -0.3 is 20.9 Å². The van der Waals surface area contributed by atoms with Crippen molar-refractivity contribution >= 4 is 44.4 Å². The minimum Gasteiger partial charge on any atom is -0.457 e. The van der Waals surface area contributed by atoms with Gasteiger partial charge >= 0.3 is 0 Å². The van der Waals surface area contributed by atoms with Gasteiger partial charge in [0, 0.05) is 5.75 Å². The first-order valence-electron chi connectivity index (χ1n) is 11.5. The Morgan fingerprint density at radius 3 is 2.39 bits per heavy atom. The number of nitrogens with two attached hydrogens (primary N) is 1. The molecular formula is C27H25N5O2S2. The summed E-state index contributed by atoms with van der Waals surface area (Å²) in [6, 6.07) is 27.5. The van der Waals surface area contributed by atoms with Gasteiger partial charge in [-0.25, -0.2) is 15.0 Å². The quantitative estimate of drug-likeness (QED) is 0.159. The molecule has 0 saturated carbocycles. The molecule has 0 unspecified atom stereocenters. The number of fused-ring (bicyclic) bond motifs is 1. The molecule has 0 amide bonds. The van der Waals surface area contributed by atoms with Gasteiger partial charge in [0.2, 0.25) is 0 Å². The van der Waals surface area contributed by atoms with Crippen molar-refractivity contribution in [2.24, 2.45) is 0 Å².